The van der Waals surface area contributed by atoms with Crippen molar-refractivity contribution in [3.63, 3.8) is 0 Å². The summed E-state index contributed by atoms with van der Waals surface area (Å²) < 4.78 is 14.5. The van der Waals surface area contributed by atoms with Gasteiger partial charge in [0.15, 0.2) is 60.5 Å². The normalized spacial score (nSPS) is 9.33. The summed E-state index contributed by atoms with van der Waals surface area (Å²) >= 11 is 11.1. The van der Waals surface area contributed by atoms with Crippen LogP contribution in [0.5, 0.6) is 17.2 Å². The molecule has 0 amide bonds. The van der Waals surface area contributed by atoms with Gasteiger partial charge in [-0.25, -0.2) is 0 Å². The number of carbonyl (C=O) groups is 7. The van der Waals surface area contributed by atoms with Gasteiger partial charge in [-0.05, 0) is 42.5 Å². The molecule has 0 unspecified atom stereocenters. The van der Waals surface area contributed by atoms with Crippen molar-refractivity contribution in [3.05, 3.63) is 263 Å². The fourth-order valence-electron chi connectivity index (χ4n) is 6.16. The van der Waals surface area contributed by atoms with Crippen molar-refractivity contribution >= 4 is 113 Å². The van der Waals surface area contributed by atoms with Crippen LogP contribution in [0.3, 0.4) is 0 Å². The SMILES string of the molecule is COc1cc(C=O)c([N+](=O)[O-])cc1OC.COc1cccc(C=O)c1[N+](=O)[O-].O=Cc1c(Cl)cccc1[N+](=O)[O-].O=Cc1c([N+](=O)[O-])cccc1[N+](=O)[O-].O=Cc1cc(Cl)ccc1[N+](=O)[O-].O=Cc1cccc([N+](=O)[O-])c1.O=Cc1ccccc1[N+](=O)[O-]. The zero-order valence-electron chi connectivity index (χ0n) is 44.7. The molecule has 0 radical (unpaired) electrons. The molecule has 0 spiro atoms. The molecule has 88 heavy (non-hydrogen) atoms. The minimum atomic E-state index is -0.837. The van der Waals surface area contributed by atoms with E-state index in [0.29, 0.717) is 48.3 Å². The van der Waals surface area contributed by atoms with Crippen LogP contribution in [0.2, 0.25) is 10.0 Å². The van der Waals surface area contributed by atoms with Crippen LogP contribution in [-0.4, -0.2) is 105 Å². The van der Waals surface area contributed by atoms with Gasteiger partial charge in [-0.15, -0.1) is 0 Å². The van der Waals surface area contributed by atoms with E-state index < -0.39 is 56.3 Å². The van der Waals surface area contributed by atoms with Crippen LogP contribution in [0.15, 0.2) is 133 Å². The summed E-state index contributed by atoms with van der Waals surface area (Å²) in [7, 11) is 4.07. The number of nitrogens with zero attached hydrogens (tertiary/aromatic N) is 8. The second-order valence-electron chi connectivity index (χ2n) is 15.3. The Kier molecular flexibility index (Phi) is 31.3. The Morgan fingerprint density at radius 3 is 1.16 bits per heavy atom. The number of ether oxygens (including phenoxy) is 3. The first-order chi connectivity index (χ1) is 41.7. The highest BCUT2D eigenvalue weighted by molar-refractivity contribution is 6.33. The number of carbonyl (C=O) groups excluding carboxylic acids is 7. The number of methoxy groups -OCH3 is 3. The predicted molar refractivity (Wildman–Crippen MR) is 306 cm³/mol. The molecule has 0 aromatic heterocycles. The Hall–Kier alpha value is -12.6. The smallest absolute Gasteiger partial charge is 0.321 e. The molecular formula is C52H38Cl2N8O26. The fraction of sp³-hybridized carbons (Fsp3) is 0.0577. The first-order valence-corrected chi connectivity index (χ1v) is 23.6. The number of rotatable bonds is 18. The second-order valence-corrected chi connectivity index (χ2v) is 16.1. The molecular weight excluding hydrogens is 1220 g/mol. The number of hydrogen-bond acceptors (Lipinski definition) is 26. The highest BCUT2D eigenvalue weighted by atomic mass is 35.5. The lowest BCUT2D eigenvalue weighted by Crippen LogP contribution is -1.99. The Labute approximate surface area is 500 Å². The van der Waals surface area contributed by atoms with Crippen LogP contribution in [0.1, 0.15) is 72.5 Å². The molecule has 36 heteroatoms. The Morgan fingerprint density at radius 1 is 0.330 bits per heavy atom. The van der Waals surface area contributed by atoms with Crippen molar-refractivity contribution < 1.29 is 87.2 Å². The number of non-ortho nitro benzene ring substituents is 1. The van der Waals surface area contributed by atoms with Gasteiger partial charge in [0, 0.05) is 59.1 Å². The molecule has 34 nitrogen and oxygen atoms in total. The van der Waals surface area contributed by atoms with E-state index in [0.717, 1.165) is 24.3 Å². The summed E-state index contributed by atoms with van der Waals surface area (Å²) in [5, 5.41) is 83.3. The predicted octanol–water partition coefficient (Wildman–Crippen LogP) is 11.1. The van der Waals surface area contributed by atoms with Crippen molar-refractivity contribution in [2.75, 3.05) is 21.3 Å². The van der Waals surface area contributed by atoms with Crippen LogP contribution >= 0.6 is 23.2 Å². The highest BCUT2D eigenvalue weighted by Gasteiger charge is 2.24. The molecule has 0 bridgehead atoms. The van der Waals surface area contributed by atoms with Crippen molar-refractivity contribution in [2.45, 2.75) is 0 Å². The van der Waals surface area contributed by atoms with Gasteiger partial charge in [0.25, 0.3) is 39.8 Å². The van der Waals surface area contributed by atoms with Crippen LogP contribution in [-0.2, 0) is 0 Å². The first kappa shape index (κ1) is 73.4. The third-order valence-corrected chi connectivity index (χ3v) is 10.7. The molecule has 0 heterocycles. The van der Waals surface area contributed by atoms with E-state index in [-0.39, 0.29) is 90.5 Å². The lowest BCUT2D eigenvalue weighted by atomic mass is 10.1. The van der Waals surface area contributed by atoms with Gasteiger partial charge < -0.3 is 14.2 Å². The number of halogens is 2. The monoisotopic (exact) mass is 1260 g/mol. The minimum Gasteiger partial charge on any atom is -0.493 e. The van der Waals surface area contributed by atoms with Gasteiger partial charge in [0.05, 0.1) is 94.1 Å². The van der Waals surface area contributed by atoms with E-state index in [4.69, 9.17) is 37.4 Å². The molecule has 0 aliphatic heterocycles. The lowest BCUT2D eigenvalue weighted by Gasteiger charge is -2.07. The van der Waals surface area contributed by atoms with Gasteiger partial charge in [-0.3, -0.25) is 114 Å². The fourth-order valence-corrected chi connectivity index (χ4v) is 6.56. The number of nitro benzene ring substituents is 8. The largest absolute Gasteiger partial charge is 0.493 e. The van der Waals surface area contributed by atoms with Crippen LogP contribution in [0.25, 0.3) is 0 Å². The number of benzene rings is 7. The minimum absolute atomic E-state index is 0.00694. The average molecular weight is 1260 g/mol. The Bertz CT molecular complexity index is 3760. The molecule has 0 aliphatic rings. The number of para-hydroxylation sites is 2. The molecule has 0 saturated carbocycles. The van der Waals surface area contributed by atoms with Gasteiger partial charge in [0.1, 0.15) is 11.8 Å². The average Bonchev–Trinajstić information content (AvgIpc) is 3.70. The summed E-state index contributed by atoms with van der Waals surface area (Å²) in [6, 6.07) is 29.3. The molecule has 7 aromatic rings. The van der Waals surface area contributed by atoms with Crippen molar-refractivity contribution in [1.29, 1.82) is 0 Å². The van der Waals surface area contributed by atoms with Crippen LogP contribution in [0.4, 0.5) is 45.5 Å². The van der Waals surface area contributed by atoms with Crippen molar-refractivity contribution in [3.8, 4) is 17.2 Å². The molecule has 0 N–H and O–H groups in total. The third kappa shape index (κ3) is 22.3. The van der Waals surface area contributed by atoms with Crippen molar-refractivity contribution in [1.82, 2.24) is 0 Å². The maximum absolute atomic E-state index is 10.6. The van der Waals surface area contributed by atoms with E-state index in [1.54, 1.807) is 6.07 Å². The van der Waals surface area contributed by atoms with Crippen LogP contribution in [0, 0.1) is 80.9 Å². The zero-order chi connectivity index (χ0) is 66.8. The summed E-state index contributed by atoms with van der Waals surface area (Å²) in [5.41, 5.74) is -2.62. The Morgan fingerprint density at radius 2 is 0.739 bits per heavy atom. The maximum atomic E-state index is 10.6. The standard InChI is InChI=1S/C9H9NO5.C8H7NO4.2C7H4ClNO3.C7H4N2O5.2C7H5NO3/c1-14-8-3-6(5-11)7(10(12)13)4-9(8)15-2;1-13-7-4-2-3-6(5-10)8(7)9(11)12;8-6-1-2-7(9(11)12)5(3-6)4-10;8-6-2-1-3-7(9(11)12)5(6)4-10;10-4-5-6(8(11)12)2-1-3-7(5)9(13)14;9-5-6-2-1-3-7(4-6)8(10)11;9-5-6-3-1-2-4-7(6)8(10)11/h3-5H,1-2H3;2-5H,1H3;2*1-4H;1-4H;2*1-5H. The molecule has 7 aromatic carbocycles. The Balaban J connectivity index is 0.000000515. The van der Waals surface area contributed by atoms with E-state index in [1.807, 2.05) is 0 Å². The topological polar surface area (TPSA) is 492 Å². The van der Waals surface area contributed by atoms with Gasteiger partial charge in [-0.1, -0.05) is 59.6 Å². The quantitative estimate of drug-likeness (QED) is 0.0437. The summed E-state index contributed by atoms with van der Waals surface area (Å²) in [6.07, 6.45) is 2.77. The lowest BCUT2D eigenvalue weighted by molar-refractivity contribution is -0.394. The summed E-state index contributed by atoms with van der Waals surface area (Å²) in [4.78, 5) is 150. The maximum Gasteiger partial charge on any atom is 0.321 e. The third-order valence-electron chi connectivity index (χ3n) is 10.1. The van der Waals surface area contributed by atoms with E-state index >= 15 is 0 Å². The molecule has 0 aliphatic carbocycles. The molecule has 7 rings (SSSR count). The molecule has 0 saturated heterocycles. The second kappa shape index (κ2) is 37.5. The van der Waals surface area contributed by atoms with E-state index in [2.05, 4.69) is 0 Å². The van der Waals surface area contributed by atoms with E-state index in [1.165, 1.54) is 124 Å². The highest BCUT2D eigenvalue weighted by Crippen LogP contribution is 2.34. The summed E-state index contributed by atoms with van der Waals surface area (Å²) in [6.45, 7) is 0. The molecule has 0 atom stereocenters. The summed E-state index contributed by atoms with van der Waals surface area (Å²) in [5.74, 6) is 0.592. The van der Waals surface area contributed by atoms with Gasteiger partial charge >= 0.3 is 5.69 Å². The molecule has 456 valence electrons. The van der Waals surface area contributed by atoms with Crippen LogP contribution < -0.4 is 14.2 Å². The molecule has 0 fully saturated rings. The number of aldehydes is 7. The van der Waals surface area contributed by atoms with Crippen molar-refractivity contribution in [2.24, 2.45) is 0 Å². The van der Waals surface area contributed by atoms with E-state index in [9.17, 15) is 114 Å². The number of hydrogen-bond donors (Lipinski definition) is 0. The number of nitro groups is 8. The van der Waals surface area contributed by atoms with Gasteiger partial charge in [-0.2, -0.15) is 0 Å². The first-order valence-electron chi connectivity index (χ1n) is 22.9. The van der Waals surface area contributed by atoms with Gasteiger partial charge in [0.2, 0.25) is 0 Å². The zero-order valence-corrected chi connectivity index (χ0v) is 46.2.